The molecule has 1 unspecified atom stereocenters. The van der Waals surface area contributed by atoms with Gasteiger partial charge in [0.2, 0.25) is 0 Å². The Morgan fingerprint density at radius 3 is 2.52 bits per heavy atom. The van der Waals surface area contributed by atoms with Crippen molar-refractivity contribution in [2.75, 3.05) is 0 Å². The van der Waals surface area contributed by atoms with Crippen LogP contribution in [-0.4, -0.2) is 33.6 Å². The van der Waals surface area contributed by atoms with Crippen molar-refractivity contribution in [3.05, 3.63) is 23.8 Å². The van der Waals surface area contributed by atoms with E-state index < -0.39 is 0 Å². The van der Waals surface area contributed by atoms with Crippen LogP contribution >= 0.6 is 0 Å². The molecule has 0 amide bonds. The molecule has 0 aromatic heterocycles. The number of rotatable bonds is 4. The second-order valence-electron chi connectivity index (χ2n) is 12.7. The molecule has 1 heterocycles. The third kappa shape index (κ3) is 2.75. The zero-order chi connectivity index (χ0) is 22.4. The van der Waals surface area contributed by atoms with Crippen LogP contribution in [0.1, 0.15) is 86.5 Å². The van der Waals surface area contributed by atoms with Crippen molar-refractivity contribution in [1.82, 2.24) is 0 Å². The molecule has 0 radical (unpaired) electrons. The molecule has 3 nitrogen and oxygen atoms in total. The van der Waals surface area contributed by atoms with E-state index in [1.165, 1.54) is 5.57 Å². The summed E-state index contributed by atoms with van der Waals surface area (Å²) in [6.45, 7) is 14.1. The van der Waals surface area contributed by atoms with Gasteiger partial charge in [0, 0.05) is 11.3 Å². The number of allylic oxidation sites excluding steroid dienone is 2. The van der Waals surface area contributed by atoms with Crippen LogP contribution in [0, 0.1) is 40.4 Å². The first-order valence-corrected chi connectivity index (χ1v) is 12.9. The van der Waals surface area contributed by atoms with Gasteiger partial charge in [0.1, 0.15) is 11.2 Å². The molecule has 4 aliphatic carbocycles. The Balaban J connectivity index is 1.45. The number of aliphatic hydroxyl groups is 2. The Hall–Kier alpha value is -0.640. The number of ether oxygens (including phenoxy) is 1. The van der Waals surface area contributed by atoms with Crippen LogP contribution in [0.15, 0.2) is 23.8 Å². The van der Waals surface area contributed by atoms with Gasteiger partial charge in [-0.25, -0.2) is 0 Å². The van der Waals surface area contributed by atoms with E-state index in [1.54, 1.807) is 0 Å². The van der Waals surface area contributed by atoms with E-state index >= 15 is 0 Å². The summed E-state index contributed by atoms with van der Waals surface area (Å²) in [5.74, 6) is 2.45. The van der Waals surface area contributed by atoms with Crippen LogP contribution in [0.3, 0.4) is 0 Å². The maximum absolute atomic E-state index is 11.5. The predicted octanol–water partition coefficient (Wildman–Crippen LogP) is 5.66. The van der Waals surface area contributed by atoms with E-state index in [2.05, 4.69) is 59.8 Å². The first-order valence-electron chi connectivity index (χ1n) is 12.9. The van der Waals surface area contributed by atoms with Gasteiger partial charge < -0.3 is 14.9 Å². The Bertz CT molecular complexity index is 800. The first-order chi connectivity index (χ1) is 14.5. The fraction of sp³-hybridized carbons (Fsp3) is 0.857. The van der Waals surface area contributed by atoms with E-state index in [1.807, 2.05) is 0 Å². The number of epoxide rings is 1. The molecule has 0 aromatic rings. The van der Waals surface area contributed by atoms with E-state index in [9.17, 15) is 10.2 Å². The summed E-state index contributed by atoms with van der Waals surface area (Å²) in [6.07, 6.45) is 13.5. The minimum Gasteiger partial charge on any atom is -0.393 e. The Kier molecular flexibility index (Phi) is 4.96. The average Bonchev–Trinajstić information content (AvgIpc) is 3.33. The molecule has 31 heavy (non-hydrogen) atoms. The molecule has 0 bridgehead atoms. The Labute approximate surface area is 189 Å². The number of fused-ring (bicyclic) bond motifs is 2. The molecule has 1 aliphatic heterocycles. The maximum atomic E-state index is 11.5. The van der Waals surface area contributed by atoms with Crippen molar-refractivity contribution in [3.63, 3.8) is 0 Å². The fourth-order valence-corrected chi connectivity index (χ4v) is 8.78. The molecule has 10 atom stereocenters. The van der Waals surface area contributed by atoms with Crippen molar-refractivity contribution in [1.29, 1.82) is 0 Å². The van der Waals surface area contributed by atoms with Crippen LogP contribution < -0.4 is 0 Å². The Morgan fingerprint density at radius 2 is 1.81 bits per heavy atom. The van der Waals surface area contributed by atoms with Crippen molar-refractivity contribution < 1.29 is 14.9 Å². The largest absolute Gasteiger partial charge is 0.393 e. The lowest BCUT2D eigenvalue weighted by Crippen LogP contribution is -2.58. The zero-order valence-electron chi connectivity index (χ0n) is 20.5. The van der Waals surface area contributed by atoms with E-state index in [4.69, 9.17) is 4.74 Å². The van der Waals surface area contributed by atoms with Crippen molar-refractivity contribution in [3.8, 4) is 0 Å². The molecule has 4 fully saturated rings. The molecule has 5 rings (SSSR count). The first kappa shape index (κ1) is 22.2. The van der Waals surface area contributed by atoms with Crippen molar-refractivity contribution in [2.24, 2.45) is 40.4 Å². The van der Waals surface area contributed by atoms with Gasteiger partial charge >= 0.3 is 0 Å². The summed E-state index contributed by atoms with van der Waals surface area (Å²) in [6, 6.07) is 0. The van der Waals surface area contributed by atoms with E-state index in [0.29, 0.717) is 23.7 Å². The van der Waals surface area contributed by atoms with Gasteiger partial charge in [-0.3, -0.25) is 0 Å². The van der Waals surface area contributed by atoms with Crippen molar-refractivity contribution >= 4 is 0 Å². The van der Waals surface area contributed by atoms with Gasteiger partial charge in [-0.2, -0.15) is 0 Å². The van der Waals surface area contributed by atoms with Gasteiger partial charge in [-0.05, 0) is 74.0 Å². The van der Waals surface area contributed by atoms with Gasteiger partial charge in [0.25, 0.3) is 0 Å². The van der Waals surface area contributed by atoms with Crippen LogP contribution in [0.5, 0.6) is 0 Å². The smallest absolute Gasteiger partial charge is 0.108 e. The standard InChI is InChI=1S/C28H44O3/c1-17(2)18(3)7-8-19(4)22-16-23(30)24-25(22,5)13-14-28-26(6)11-10-21(29)15-20(26)9-12-27(24,28)31-28/h7-9,17-19,21-24,29-30H,10-16H2,1-6H3/t18-,19+,21-,22+,23?,24+,25+,26-,27+,28-/m0/s1. The molecule has 3 saturated carbocycles. The third-order valence-electron chi connectivity index (χ3n) is 11.0. The third-order valence-corrected chi connectivity index (χ3v) is 11.0. The highest BCUT2D eigenvalue weighted by Crippen LogP contribution is 2.80. The van der Waals surface area contributed by atoms with Gasteiger partial charge in [-0.1, -0.05) is 65.3 Å². The van der Waals surface area contributed by atoms with Crippen molar-refractivity contribution in [2.45, 2.75) is 110 Å². The van der Waals surface area contributed by atoms with Gasteiger partial charge in [0.05, 0.1) is 12.2 Å². The summed E-state index contributed by atoms with van der Waals surface area (Å²) in [5.41, 5.74) is 1.27. The van der Waals surface area contributed by atoms with Crippen LogP contribution in [-0.2, 0) is 4.74 Å². The number of hydrogen-bond donors (Lipinski definition) is 2. The number of aliphatic hydroxyl groups excluding tert-OH is 2. The molecular weight excluding hydrogens is 384 g/mol. The highest BCUT2D eigenvalue weighted by Gasteiger charge is 2.86. The van der Waals surface area contributed by atoms with Crippen LogP contribution in [0.25, 0.3) is 0 Å². The van der Waals surface area contributed by atoms with E-state index in [0.717, 1.165) is 44.9 Å². The molecule has 5 aliphatic rings. The fourth-order valence-electron chi connectivity index (χ4n) is 8.78. The highest BCUT2D eigenvalue weighted by atomic mass is 16.6. The minimum atomic E-state index is -0.275. The molecule has 2 N–H and O–H groups in total. The highest BCUT2D eigenvalue weighted by molar-refractivity contribution is 5.43. The monoisotopic (exact) mass is 428 g/mol. The molecule has 0 spiro atoms. The zero-order valence-corrected chi connectivity index (χ0v) is 20.5. The summed E-state index contributed by atoms with van der Waals surface area (Å²) >= 11 is 0. The summed E-state index contributed by atoms with van der Waals surface area (Å²) < 4.78 is 6.92. The normalized spacial score (nSPS) is 52.7. The van der Waals surface area contributed by atoms with Crippen LogP contribution in [0.4, 0.5) is 0 Å². The lowest BCUT2D eigenvalue weighted by molar-refractivity contribution is -0.0229. The molecular formula is C28H44O3. The summed E-state index contributed by atoms with van der Waals surface area (Å²) in [4.78, 5) is 0. The SMILES string of the molecule is CC(C)[C@@H](C)C=C[C@@H](C)[C@H]1CC(O)[C@@H]2[C@]1(C)CC[C@@]13O[C@]21CC=C1C[C@@H](O)CC[C@@]13C. The molecule has 1 saturated heterocycles. The van der Waals surface area contributed by atoms with Gasteiger partial charge in [-0.15, -0.1) is 0 Å². The topological polar surface area (TPSA) is 53.0 Å². The maximum Gasteiger partial charge on any atom is 0.108 e. The average molecular weight is 429 g/mol. The molecule has 174 valence electrons. The second-order valence-corrected chi connectivity index (χ2v) is 12.7. The second kappa shape index (κ2) is 6.93. The lowest BCUT2D eigenvalue weighted by Gasteiger charge is -2.54. The predicted molar refractivity (Wildman–Crippen MR) is 124 cm³/mol. The molecule has 0 aromatic carbocycles. The van der Waals surface area contributed by atoms with Gasteiger partial charge in [0.15, 0.2) is 0 Å². The van der Waals surface area contributed by atoms with Crippen LogP contribution in [0.2, 0.25) is 0 Å². The molecule has 3 heteroatoms. The summed E-state index contributed by atoms with van der Waals surface area (Å²) in [5, 5.41) is 21.7. The van der Waals surface area contributed by atoms with E-state index in [-0.39, 0.29) is 40.2 Å². The lowest BCUT2D eigenvalue weighted by atomic mass is 9.46. The Morgan fingerprint density at radius 1 is 1.06 bits per heavy atom. The number of hydrogen-bond acceptors (Lipinski definition) is 3. The quantitative estimate of drug-likeness (QED) is 0.449. The summed E-state index contributed by atoms with van der Waals surface area (Å²) in [7, 11) is 0. The minimum absolute atomic E-state index is 0.0296.